The van der Waals surface area contributed by atoms with Gasteiger partial charge in [0.2, 0.25) is 0 Å². The van der Waals surface area contributed by atoms with Crippen molar-refractivity contribution in [3.05, 3.63) is 82.2 Å². The number of nitro groups is 1. The van der Waals surface area contributed by atoms with E-state index in [4.69, 9.17) is 14.2 Å². The maximum Gasteiger partial charge on any atom is 0.270 e. The third kappa shape index (κ3) is 4.54. The molecule has 3 aromatic carbocycles. The van der Waals surface area contributed by atoms with Crippen LogP contribution in [-0.4, -0.2) is 31.5 Å². The van der Waals surface area contributed by atoms with Gasteiger partial charge in [-0.2, -0.15) is 0 Å². The number of Topliss-reactive ketones (excluding diaryl/α,β-unsaturated/α-hetero) is 1. The minimum atomic E-state index is -0.655. The number of halogens is 1. The molecule has 0 aliphatic carbocycles. The predicted molar refractivity (Wildman–Crippen MR) is 108 cm³/mol. The molecule has 0 N–H and O–H groups in total. The lowest BCUT2D eigenvalue weighted by molar-refractivity contribution is -0.384. The fraction of sp³-hybridized carbons (Fsp3) is 0.136. The van der Waals surface area contributed by atoms with Crippen molar-refractivity contribution in [3.63, 3.8) is 0 Å². The Morgan fingerprint density at radius 2 is 1.67 bits per heavy atom. The normalized spacial score (nSPS) is 10.4. The number of carbonyl (C=O) groups is 1. The van der Waals surface area contributed by atoms with Crippen LogP contribution in [0.2, 0.25) is 0 Å². The molecule has 0 heterocycles. The predicted octanol–water partition coefficient (Wildman–Crippen LogP) is 4.68. The van der Waals surface area contributed by atoms with Crippen molar-refractivity contribution in [2.24, 2.45) is 0 Å². The Hall–Kier alpha value is -3.94. The summed E-state index contributed by atoms with van der Waals surface area (Å²) in [5.74, 6) is -0.158. The minimum absolute atomic E-state index is 0.0321. The average molecular weight is 411 g/mol. The Morgan fingerprint density at radius 1 is 0.967 bits per heavy atom. The van der Waals surface area contributed by atoms with Gasteiger partial charge in [0.1, 0.15) is 11.5 Å². The van der Waals surface area contributed by atoms with Crippen molar-refractivity contribution in [2.45, 2.75) is 0 Å². The van der Waals surface area contributed by atoms with Gasteiger partial charge in [-0.15, -0.1) is 0 Å². The van der Waals surface area contributed by atoms with Crippen molar-refractivity contribution in [1.29, 1.82) is 0 Å². The monoisotopic (exact) mass is 411 g/mol. The van der Waals surface area contributed by atoms with Crippen LogP contribution in [0.1, 0.15) is 10.4 Å². The molecule has 0 spiro atoms. The standard InChI is InChI=1S/C22H18FNO6/c1-28-17-7-3-14(4-8-17)18-12-16(24(26)27)6-10-21(18)30-13-20(25)15-5-9-22(29-2)19(23)11-15/h3-12H,13H2,1-2H3. The molecule has 0 unspecified atom stereocenters. The summed E-state index contributed by atoms with van der Waals surface area (Å²) in [7, 11) is 2.86. The molecule has 0 bridgehead atoms. The van der Waals surface area contributed by atoms with Crippen molar-refractivity contribution in [1.82, 2.24) is 0 Å². The summed E-state index contributed by atoms with van der Waals surface area (Å²) >= 11 is 0. The van der Waals surface area contributed by atoms with E-state index in [2.05, 4.69) is 0 Å². The molecule has 0 radical (unpaired) electrons. The van der Waals surface area contributed by atoms with Crippen molar-refractivity contribution in [2.75, 3.05) is 20.8 Å². The van der Waals surface area contributed by atoms with Crippen LogP contribution in [0.3, 0.4) is 0 Å². The van der Waals surface area contributed by atoms with Crippen molar-refractivity contribution >= 4 is 11.5 Å². The molecule has 154 valence electrons. The second-order valence-corrected chi connectivity index (χ2v) is 6.23. The highest BCUT2D eigenvalue weighted by molar-refractivity contribution is 5.97. The molecule has 0 saturated carbocycles. The number of non-ortho nitro benzene ring substituents is 1. The number of nitrogens with zero attached hydrogens (tertiary/aromatic N) is 1. The SMILES string of the molecule is COc1ccc(-c2cc([N+](=O)[O-])ccc2OCC(=O)c2ccc(OC)c(F)c2)cc1. The molecule has 7 nitrogen and oxygen atoms in total. The van der Waals surface area contributed by atoms with Crippen molar-refractivity contribution < 1.29 is 28.3 Å². The number of ether oxygens (including phenoxy) is 3. The van der Waals surface area contributed by atoms with Gasteiger partial charge < -0.3 is 14.2 Å². The highest BCUT2D eigenvalue weighted by Crippen LogP contribution is 2.34. The van der Waals surface area contributed by atoms with Crippen LogP contribution in [0.25, 0.3) is 11.1 Å². The summed E-state index contributed by atoms with van der Waals surface area (Å²) in [6.07, 6.45) is 0. The van der Waals surface area contributed by atoms with Crippen LogP contribution in [0.4, 0.5) is 10.1 Å². The number of methoxy groups -OCH3 is 2. The molecule has 0 saturated heterocycles. The Bertz CT molecular complexity index is 1080. The van der Waals surface area contributed by atoms with Gasteiger partial charge in [-0.1, -0.05) is 12.1 Å². The van der Waals surface area contributed by atoms with Gasteiger partial charge in [-0.25, -0.2) is 4.39 Å². The number of hydrogen-bond acceptors (Lipinski definition) is 6. The lowest BCUT2D eigenvalue weighted by atomic mass is 10.0. The van der Waals surface area contributed by atoms with Gasteiger partial charge in [0.25, 0.3) is 5.69 Å². The summed E-state index contributed by atoms with van der Waals surface area (Å²) < 4.78 is 29.5. The number of rotatable bonds is 8. The Morgan fingerprint density at radius 3 is 2.27 bits per heavy atom. The summed E-state index contributed by atoms with van der Waals surface area (Å²) in [5.41, 5.74) is 1.11. The van der Waals surface area contributed by atoms with Gasteiger partial charge in [0.05, 0.1) is 19.1 Å². The van der Waals surface area contributed by atoms with E-state index in [0.717, 1.165) is 6.07 Å². The van der Waals surface area contributed by atoms with E-state index >= 15 is 0 Å². The molecule has 0 aromatic heterocycles. The number of hydrogen-bond donors (Lipinski definition) is 0. The molecular weight excluding hydrogens is 393 g/mol. The summed E-state index contributed by atoms with van der Waals surface area (Å²) in [4.78, 5) is 23.1. The van der Waals surface area contributed by atoms with Crippen LogP contribution in [-0.2, 0) is 0 Å². The maximum absolute atomic E-state index is 13.8. The Kier molecular flexibility index (Phi) is 6.26. The summed E-state index contributed by atoms with van der Waals surface area (Å²) in [6.45, 7) is -0.368. The Balaban J connectivity index is 1.86. The van der Waals surface area contributed by atoms with E-state index in [9.17, 15) is 19.3 Å². The van der Waals surface area contributed by atoms with Crippen molar-refractivity contribution in [3.8, 4) is 28.4 Å². The van der Waals surface area contributed by atoms with Crippen LogP contribution in [0, 0.1) is 15.9 Å². The number of ketones is 1. The zero-order valence-corrected chi connectivity index (χ0v) is 16.3. The summed E-state index contributed by atoms with van der Waals surface area (Å²) in [6, 6.07) is 14.8. The summed E-state index contributed by atoms with van der Waals surface area (Å²) in [5, 5.41) is 11.2. The quantitative estimate of drug-likeness (QED) is 0.304. The van der Waals surface area contributed by atoms with Gasteiger partial charge in [0.15, 0.2) is 24.0 Å². The topological polar surface area (TPSA) is 87.9 Å². The molecule has 0 atom stereocenters. The van der Waals surface area contributed by atoms with Gasteiger partial charge in [-0.3, -0.25) is 14.9 Å². The first kappa shape index (κ1) is 20.8. The van der Waals surface area contributed by atoms with Gasteiger partial charge in [-0.05, 0) is 42.0 Å². The number of nitro benzene ring substituents is 1. The Labute approximate surface area is 171 Å². The highest BCUT2D eigenvalue weighted by atomic mass is 19.1. The largest absolute Gasteiger partial charge is 0.497 e. The second-order valence-electron chi connectivity index (χ2n) is 6.23. The van der Waals surface area contributed by atoms with E-state index in [0.29, 0.717) is 16.9 Å². The molecule has 0 aliphatic rings. The van der Waals surface area contributed by atoms with E-state index in [-0.39, 0.29) is 29.4 Å². The molecule has 0 fully saturated rings. The van der Waals surface area contributed by atoms with Gasteiger partial charge >= 0.3 is 0 Å². The average Bonchev–Trinajstić information content (AvgIpc) is 2.77. The van der Waals surface area contributed by atoms with Crippen LogP contribution in [0.15, 0.2) is 60.7 Å². The first-order valence-electron chi connectivity index (χ1n) is 8.85. The van der Waals surface area contributed by atoms with E-state index in [1.165, 1.54) is 44.6 Å². The van der Waals surface area contributed by atoms with E-state index in [1.807, 2.05) is 0 Å². The third-order valence-corrected chi connectivity index (χ3v) is 4.41. The zero-order chi connectivity index (χ0) is 21.7. The lowest BCUT2D eigenvalue weighted by Gasteiger charge is -2.12. The van der Waals surface area contributed by atoms with Crippen LogP contribution < -0.4 is 14.2 Å². The molecule has 0 amide bonds. The minimum Gasteiger partial charge on any atom is -0.497 e. The zero-order valence-electron chi connectivity index (χ0n) is 16.3. The smallest absolute Gasteiger partial charge is 0.270 e. The second kappa shape index (κ2) is 9.04. The maximum atomic E-state index is 13.8. The fourth-order valence-corrected chi connectivity index (χ4v) is 2.82. The molecule has 3 aromatic rings. The fourth-order valence-electron chi connectivity index (χ4n) is 2.82. The van der Waals surface area contributed by atoms with E-state index in [1.54, 1.807) is 24.3 Å². The number of benzene rings is 3. The van der Waals surface area contributed by atoms with Gasteiger partial charge in [0, 0.05) is 23.3 Å². The molecule has 3 rings (SSSR count). The van der Waals surface area contributed by atoms with Crippen LogP contribution in [0.5, 0.6) is 17.2 Å². The van der Waals surface area contributed by atoms with Crippen LogP contribution >= 0.6 is 0 Å². The van der Waals surface area contributed by atoms with E-state index < -0.39 is 16.5 Å². The first-order valence-corrected chi connectivity index (χ1v) is 8.85. The lowest BCUT2D eigenvalue weighted by Crippen LogP contribution is -2.12. The first-order chi connectivity index (χ1) is 14.4. The molecule has 30 heavy (non-hydrogen) atoms. The molecule has 8 heteroatoms. The highest BCUT2D eigenvalue weighted by Gasteiger charge is 2.16. The molecule has 0 aliphatic heterocycles. The third-order valence-electron chi connectivity index (χ3n) is 4.41. The molecular formula is C22H18FNO6. The number of carbonyl (C=O) groups excluding carboxylic acids is 1.